The molecule has 1 aliphatic rings. The highest BCUT2D eigenvalue weighted by atomic mass is 32.2. The van der Waals surface area contributed by atoms with E-state index < -0.39 is 10.0 Å². The van der Waals surface area contributed by atoms with E-state index in [4.69, 9.17) is 4.74 Å². The molecule has 0 bridgehead atoms. The average Bonchev–Trinajstić information content (AvgIpc) is 3.22. The topological polar surface area (TPSA) is 74.4 Å². The van der Waals surface area contributed by atoms with Crippen LogP contribution in [0.2, 0.25) is 0 Å². The monoisotopic (exact) mass is 455 g/mol. The van der Waals surface area contributed by atoms with Gasteiger partial charge in [-0.1, -0.05) is 18.2 Å². The molecule has 1 aliphatic heterocycles. The Morgan fingerprint density at radius 2 is 1.84 bits per heavy atom. The maximum absolute atomic E-state index is 12.6. The van der Waals surface area contributed by atoms with Crippen molar-refractivity contribution in [1.29, 1.82) is 0 Å². The molecule has 0 saturated carbocycles. The zero-order chi connectivity index (χ0) is 22.4. The summed E-state index contributed by atoms with van der Waals surface area (Å²) in [6.07, 6.45) is 7.05. The fourth-order valence-corrected chi connectivity index (χ4v) is 5.39. The molecule has 4 rings (SSSR count). The molecular formula is C25H33N3O3S. The number of ether oxygens (including phenoxy) is 1. The van der Waals surface area contributed by atoms with Crippen molar-refractivity contribution in [2.24, 2.45) is 5.92 Å². The van der Waals surface area contributed by atoms with Crippen molar-refractivity contribution < 1.29 is 13.2 Å². The van der Waals surface area contributed by atoms with E-state index in [0.717, 1.165) is 49.5 Å². The smallest absolute Gasteiger partial charge is 0.240 e. The molecule has 2 aromatic carbocycles. The molecule has 0 atom stereocenters. The first kappa shape index (κ1) is 22.8. The fourth-order valence-electron chi connectivity index (χ4n) is 4.32. The molecule has 2 N–H and O–H groups in total. The van der Waals surface area contributed by atoms with Crippen molar-refractivity contribution in [3.63, 3.8) is 0 Å². The van der Waals surface area contributed by atoms with Gasteiger partial charge < -0.3 is 14.6 Å². The highest BCUT2D eigenvalue weighted by Crippen LogP contribution is 2.22. The maximum atomic E-state index is 12.6. The number of hydrogen-bond acceptors (Lipinski definition) is 4. The quantitative estimate of drug-likeness (QED) is 0.450. The number of nitrogens with zero attached hydrogens (tertiary/aromatic N) is 1. The second-order valence-corrected chi connectivity index (χ2v) is 10.5. The van der Waals surface area contributed by atoms with E-state index in [1.807, 2.05) is 24.4 Å². The van der Waals surface area contributed by atoms with Crippen molar-refractivity contribution in [3.05, 3.63) is 60.3 Å². The fraction of sp³-hybridized carbons (Fsp3) is 0.440. The summed E-state index contributed by atoms with van der Waals surface area (Å²) in [4.78, 5) is 5.90. The van der Waals surface area contributed by atoms with Gasteiger partial charge in [0.25, 0.3) is 0 Å². The summed E-state index contributed by atoms with van der Waals surface area (Å²) in [5, 5.41) is 1.20. The standard InChI is InChI=1S/C25H33N3O3S/c1-28-16-12-20(13-17-28)14-18-31-22-8-10-23(11-9-22)32(29,30)27-15-4-5-21-19-26-25-7-3-2-6-24(21)25/h2-3,6-11,19-20,26-27H,4-5,12-18H2,1H3. The van der Waals surface area contributed by atoms with Crippen LogP contribution in [-0.4, -0.2) is 51.6 Å². The lowest BCUT2D eigenvalue weighted by atomic mass is 9.94. The van der Waals surface area contributed by atoms with Gasteiger partial charge in [0.05, 0.1) is 11.5 Å². The molecule has 0 unspecified atom stereocenters. The number of para-hydroxylation sites is 1. The molecule has 0 radical (unpaired) electrons. The molecular weight excluding hydrogens is 422 g/mol. The molecule has 0 spiro atoms. The zero-order valence-electron chi connectivity index (χ0n) is 18.7. The van der Waals surface area contributed by atoms with Crippen LogP contribution in [0.4, 0.5) is 0 Å². The number of hydrogen-bond donors (Lipinski definition) is 2. The predicted octanol–water partition coefficient (Wildman–Crippen LogP) is 4.19. The molecule has 7 heteroatoms. The Labute approximate surface area is 191 Å². The number of benzene rings is 2. The summed E-state index contributed by atoms with van der Waals surface area (Å²) in [5.41, 5.74) is 2.32. The van der Waals surface area contributed by atoms with E-state index in [-0.39, 0.29) is 4.90 Å². The van der Waals surface area contributed by atoms with E-state index in [1.54, 1.807) is 24.3 Å². The summed E-state index contributed by atoms with van der Waals surface area (Å²) in [6, 6.07) is 14.9. The Bertz CT molecular complexity index is 1100. The minimum Gasteiger partial charge on any atom is -0.494 e. The molecule has 1 aromatic heterocycles. The van der Waals surface area contributed by atoms with Gasteiger partial charge in [0.1, 0.15) is 5.75 Å². The van der Waals surface area contributed by atoms with Crippen LogP contribution in [-0.2, 0) is 16.4 Å². The summed E-state index contributed by atoms with van der Waals surface area (Å²) < 4.78 is 33.8. The number of rotatable bonds is 10. The van der Waals surface area contributed by atoms with Gasteiger partial charge in [0, 0.05) is 23.6 Å². The Kier molecular flexibility index (Phi) is 7.50. The van der Waals surface area contributed by atoms with Gasteiger partial charge in [-0.05, 0) is 94.1 Å². The third-order valence-electron chi connectivity index (χ3n) is 6.36. The van der Waals surface area contributed by atoms with Crippen molar-refractivity contribution >= 4 is 20.9 Å². The summed E-state index contributed by atoms with van der Waals surface area (Å²) in [6.45, 7) is 3.39. The molecule has 172 valence electrons. The largest absolute Gasteiger partial charge is 0.494 e. The van der Waals surface area contributed by atoms with Crippen molar-refractivity contribution in [2.75, 3.05) is 33.3 Å². The van der Waals surface area contributed by atoms with Crippen LogP contribution in [0.3, 0.4) is 0 Å². The van der Waals surface area contributed by atoms with Crippen molar-refractivity contribution in [2.45, 2.75) is 37.0 Å². The molecule has 0 amide bonds. The Morgan fingerprint density at radius 3 is 2.62 bits per heavy atom. The lowest BCUT2D eigenvalue weighted by Crippen LogP contribution is -2.30. The lowest BCUT2D eigenvalue weighted by Gasteiger charge is -2.28. The molecule has 0 aliphatic carbocycles. The van der Waals surface area contributed by atoms with E-state index in [9.17, 15) is 8.42 Å². The van der Waals surface area contributed by atoms with Gasteiger partial charge >= 0.3 is 0 Å². The first-order valence-electron chi connectivity index (χ1n) is 11.5. The van der Waals surface area contributed by atoms with Crippen LogP contribution >= 0.6 is 0 Å². The minimum atomic E-state index is -3.52. The molecule has 1 fully saturated rings. The first-order valence-corrected chi connectivity index (χ1v) is 13.0. The number of piperidine rings is 1. The van der Waals surface area contributed by atoms with Crippen LogP contribution in [0.5, 0.6) is 5.75 Å². The van der Waals surface area contributed by atoms with E-state index in [2.05, 4.69) is 27.7 Å². The maximum Gasteiger partial charge on any atom is 0.240 e. The van der Waals surface area contributed by atoms with Crippen LogP contribution in [0, 0.1) is 5.92 Å². The van der Waals surface area contributed by atoms with Crippen LogP contribution < -0.4 is 9.46 Å². The molecule has 6 nitrogen and oxygen atoms in total. The molecule has 32 heavy (non-hydrogen) atoms. The average molecular weight is 456 g/mol. The number of sulfonamides is 1. The summed E-state index contributed by atoms with van der Waals surface area (Å²) in [7, 11) is -1.35. The normalized spacial score (nSPS) is 15.9. The highest BCUT2D eigenvalue weighted by molar-refractivity contribution is 7.89. The lowest BCUT2D eigenvalue weighted by molar-refractivity contribution is 0.187. The Balaban J connectivity index is 1.21. The molecule has 1 saturated heterocycles. The number of nitrogens with one attached hydrogen (secondary N) is 2. The van der Waals surface area contributed by atoms with Crippen LogP contribution in [0.15, 0.2) is 59.6 Å². The number of likely N-dealkylation sites (tertiary alicyclic amines) is 1. The number of fused-ring (bicyclic) bond motifs is 1. The minimum absolute atomic E-state index is 0.271. The number of aromatic nitrogens is 1. The second-order valence-electron chi connectivity index (χ2n) is 8.72. The third-order valence-corrected chi connectivity index (χ3v) is 7.83. The molecule has 3 aromatic rings. The van der Waals surface area contributed by atoms with Gasteiger partial charge in [-0.2, -0.15) is 0 Å². The second kappa shape index (κ2) is 10.5. The van der Waals surface area contributed by atoms with Crippen LogP contribution in [0.1, 0.15) is 31.2 Å². The van der Waals surface area contributed by atoms with E-state index in [1.165, 1.54) is 23.8 Å². The number of aromatic amines is 1. The van der Waals surface area contributed by atoms with Crippen LogP contribution in [0.25, 0.3) is 10.9 Å². The van der Waals surface area contributed by atoms with Gasteiger partial charge in [0.15, 0.2) is 0 Å². The third kappa shape index (κ3) is 5.91. The Morgan fingerprint density at radius 1 is 1.09 bits per heavy atom. The molecule has 2 heterocycles. The Hall–Kier alpha value is -2.35. The van der Waals surface area contributed by atoms with Gasteiger partial charge in [0.2, 0.25) is 10.0 Å². The summed E-state index contributed by atoms with van der Waals surface area (Å²) >= 11 is 0. The van der Waals surface area contributed by atoms with Crippen molar-refractivity contribution in [3.8, 4) is 5.75 Å². The van der Waals surface area contributed by atoms with E-state index in [0.29, 0.717) is 13.2 Å². The van der Waals surface area contributed by atoms with Crippen molar-refractivity contribution in [1.82, 2.24) is 14.6 Å². The van der Waals surface area contributed by atoms with E-state index >= 15 is 0 Å². The van der Waals surface area contributed by atoms with Gasteiger partial charge in [-0.3, -0.25) is 0 Å². The number of aryl methyl sites for hydroxylation is 1. The number of H-pyrrole nitrogens is 1. The highest BCUT2D eigenvalue weighted by Gasteiger charge is 2.17. The zero-order valence-corrected chi connectivity index (χ0v) is 19.5. The SMILES string of the molecule is CN1CCC(CCOc2ccc(S(=O)(=O)NCCCc3c[nH]c4ccccc34)cc2)CC1. The first-order chi connectivity index (χ1) is 15.5. The van der Waals surface area contributed by atoms with Gasteiger partial charge in [-0.25, -0.2) is 13.1 Å². The summed E-state index contributed by atoms with van der Waals surface area (Å²) in [5.74, 6) is 1.44. The van der Waals surface area contributed by atoms with Gasteiger partial charge in [-0.15, -0.1) is 0 Å². The predicted molar refractivity (Wildman–Crippen MR) is 129 cm³/mol.